The summed E-state index contributed by atoms with van der Waals surface area (Å²) in [6, 6.07) is 14.5. The summed E-state index contributed by atoms with van der Waals surface area (Å²) in [5.41, 5.74) is 1.66. The standard InChI is InChI=1S/C23H28N2O4/c1-4-5-14-24-23(27)20-15-21(26)25(17-8-12-19(29-3)13-9-17)22(20)16-6-10-18(28-2)11-7-16/h6-13,20,22H,4-5,14-15H2,1-3H3,(H,24,27)/t20-,22-/m1/s1. The van der Waals surface area contributed by atoms with Gasteiger partial charge in [0.1, 0.15) is 11.5 Å². The summed E-state index contributed by atoms with van der Waals surface area (Å²) in [7, 11) is 3.22. The van der Waals surface area contributed by atoms with Gasteiger partial charge in [0.2, 0.25) is 11.8 Å². The molecule has 2 amide bonds. The van der Waals surface area contributed by atoms with Crippen molar-refractivity contribution < 1.29 is 19.1 Å². The number of nitrogens with one attached hydrogen (secondary N) is 1. The molecule has 0 spiro atoms. The molecule has 1 aliphatic heterocycles. The molecular formula is C23H28N2O4. The van der Waals surface area contributed by atoms with Crippen LogP contribution in [0, 0.1) is 5.92 Å². The van der Waals surface area contributed by atoms with Crippen molar-refractivity contribution in [2.75, 3.05) is 25.7 Å². The van der Waals surface area contributed by atoms with Crippen LogP contribution in [0.15, 0.2) is 48.5 Å². The molecular weight excluding hydrogens is 368 g/mol. The molecule has 6 nitrogen and oxygen atoms in total. The molecule has 154 valence electrons. The Bertz CT molecular complexity index is 833. The van der Waals surface area contributed by atoms with E-state index in [0.29, 0.717) is 6.54 Å². The number of nitrogens with zero attached hydrogens (tertiary/aromatic N) is 1. The van der Waals surface area contributed by atoms with Crippen molar-refractivity contribution in [3.05, 3.63) is 54.1 Å². The molecule has 0 bridgehead atoms. The van der Waals surface area contributed by atoms with Crippen molar-refractivity contribution in [1.29, 1.82) is 0 Å². The Hall–Kier alpha value is -3.02. The highest BCUT2D eigenvalue weighted by atomic mass is 16.5. The predicted molar refractivity (Wildman–Crippen MR) is 112 cm³/mol. The van der Waals surface area contributed by atoms with E-state index in [2.05, 4.69) is 12.2 Å². The molecule has 2 aromatic rings. The van der Waals surface area contributed by atoms with E-state index in [1.54, 1.807) is 19.1 Å². The number of unbranched alkanes of at least 4 members (excludes halogenated alkanes) is 1. The van der Waals surface area contributed by atoms with Crippen LogP contribution in [0.1, 0.15) is 37.8 Å². The minimum Gasteiger partial charge on any atom is -0.497 e. The lowest BCUT2D eigenvalue weighted by Crippen LogP contribution is -2.36. The van der Waals surface area contributed by atoms with Gasteiger partial charge in [-0.1, -0.05) is 25.5 Å². The van der Waals surface area contributed by atoms with Crippen LogP contribution >= 0.6 is 0 Å². The van der Waals surface area contributed by atoms with E-state index < -0.39 is 5.92 Å². The van der Waals surface area contributed by atoms with E-state index in [0.717, 1.165) is 35.6 Å². The van der Waals surface area contributed by atoms with Crippen LogP contribution in [0.4, 0.5) is 5.69 Å². The minimum absolute atomic E-state index is 0.0633. The van der Waals surface area contributed by atoms with Crippen LogP contribution in [0.25, 0.3) is 0 Å². The molecule has 0 saturated carbocycles. The monoisotopic (exact) mass is 396 g/mol. The number of hydrogen-bond donors (Lipinski definition) is 1. The smallest absolute Gasteiger partial charge is 0.228 e. The minimum atomic E-state index is -0.449. The summed E-state index contributed by atoms with van der Waals surface area (Å²) in [5, 5.41) is 3.00. The summed E-state index contributed by atoms with van der Waals surface area (Å²) in [5.74, 6) is 0.860. The number of benzene rings is 2. The van der Waals surface area contributed by atoms with Gasteiger partial charge in [-0.15, -0.1) is 0 Å². The Morgan fingerprint density at radius 1 is 1.03 bits per heavy atom. The molecule has 0 unspecified atom stereocenters. The molecule has 29 heavy (non-hydrogen) atoms. The lowest BCUT2D eigenvalue weighted by Gasteiger charge is -2.28. The van der Waals surface area contributed by atoms with E-state index in [1.165, 1.54) is 0 Å². The highest BCUT2D eigenvalue weighted by molar-refractivity contribution is 6.01. The molecule has 6 heteroatoms. The molecule has 0 radical (unpaired) electrons. The number of carbonyl (C=O) groups excluding carboxylic acids is 2. The normalized spacial score (nSPS) is 18.6. The summed E-state index contributed by atoms with van der Waals surface area (Å²) in [4.78, 5) is 27.6. The Balaban J connectivity index is 1.95. The summed E-state index contributed by atoms with van der Waals surface area (Å²) >= 11 is 0. The van der Waals surface area contributed by atoms with Gasteiger partial charge in [0.05, 0.1) is 26.2 Å². The first-order valence-corrected chi connectivity index (χ1v) is 9.96. The van der Waals surface area contributed by atoms with Gasteiger partial charge in [0.25, 0.3) is 0 Å². The fourth-order valence-corrected chi connectivity index (χ4v) is 3.72. The number of amides is 2. The maximum atomic E-state index is 13.0. The molecule has 1 aliphatic rings. The molecule has 2 atom stereocenters. The van der Waals surface area contributed by atoms with Crippen molar-refractivity contribution in [2.24, 2.45) is 5.92 Å². The number of rotatable bonds is 8. The second-order valence-electron chi connectivity index (χ2n) is 7.13. The number of hydrogen-bond acceptors (Lipinski definition) is 4. The number of carbonyl (C=O) groups is 2. The Kier molecular flexibility index (Phi) is 6.75. The van der Waals surface area contributed by atoms with Crippen LogP contribution in [0.5, 0.6) is 11.5 Å². The third-order valence-electron chi connectivity index (χ3n) is 5.30. The average Bonchev–Trinajstić information content (AvgIpc) is 3.11. The maximum Gasteiger partial charge on any atom is 0.228 e. The molecule has 0 aromatic heterocycles. The van der Waals surface area contributed by atoms with Gasteiger partial charge in [-0.25, -0.2) is 0 Å². The zero-order valence-corrected chi connectivity index (χ0v) is 17.2. The molecule has 1 N–H and O–H groups in total. The maximum absolute atomic E-state index is 13.0. The van der Waals surface area contributed by atoms with Crippen LogP contribution in [-0.4, -0.2) is 32.6 Å². The largest absolute Gasteiger partial charge is 0.497 e. The van der Waals surface area contributed by atoms with Gasteiger partial charge < -0.3 is 19.7 Å². The van der Waals surface area contributed by atoms with Gasteiger partial charge in [-0.3, -0.25) is 9.59 Å². The summed E-state index contributed by atoms with van der Waals surface area (Å²) in [6.07, 6.45) is 2.10. The lowest BCUT2D eigenvalue weighted by atomic mass is 9.92. The van der Waals surface area contributed by atoms with Crippen molar-refractivity contribution in [2.45, 2.75) is 32.2 Å². The Morgan fingerprint density at radius 2 is 1.62 bits per heavy atom. The second kappa shape index (κ2) is 9.45. The quantitative estimate of drug-likeness (QED) is 0.691. The zero-order chi connectivity index (χ0) is 20.8. The van der Waals surface area contributed by atoms with Crippen molar-refractivity contribution in [1.82, 2.24) is 5.32 Å². The third-order valence-corrected chi connectivity index (χ3v) is 5.30. The van der Waals surface area contributed by atoms with E-state index in [9.17, 15) is 9.59 Å². The first-order valence-electron chi connectivity index (χ1n) is 9.96. The Labute approximate surface area is 171 Å². The van der Waals surface area contributed by atoms with Gasteiger partial charge in [-0.05, 0) is 48.4 Å². The fourth-order valence-electron chi connectivity index (χ4n) is 3.72. The summed E-state index contributed by atoms with van der Waals surface area (Å²) < 4.78 is 10.5. The second-order valence-corrected chi connectivity index (χ2v) is 7.13. The third kappa shape index (κ3) is 4.53. The summed E-state index contributed by atoms with van der Waals surface area (Å²) in [6.45, 7) is 2.70. The zero-order valence-electron chi connectivity index (χ0n) is 17.2. The van der Waals surface area contributed by atoms with Crippen molar-refractivity contribution >= 4 is 17.5 Å². The lowest BCUT2D eigenvalue weighted by molar-refractivity contribution is -0.126. The first-order chi connectivity index (χ1) is 14.1. The van der Waals surface area contributed by atoms with Crippen LogP contribution < -0.4 is 19.7 Å². The highest BCUT2D eigenvalue weighted by Gasteiger charge is 2.45. The number of anilines is 1. The molecule has 3 rings (SSSR count). The molecule has 1 fully saturated rings. The number of ether oxygens (including phenoxy) is 2. The first kappa shape index (κ1) is 20.7. The predicted octanol–water partition coefficient (Wildman–Crippen LogP) is 3.71. The average molecular weight is 396 g/mol. The van der Waals surface area contributed by atoms with Gasteiger partial charge >= 0.3 is 0 Å². The fraction of sp³-hybridized carbons (Fsp3) is 0.391. The van der Waals surface area contributed by atoms with E-state index >= 15 is 0 Å². The highest BCUT2D eigenvalue weighted by Crippen LogP contribution is 2.42. The van der Waals surface area contributed by atoms with E-state index in [4.69, 9.17) is 9.47 Å². The van der Waals surface area contributed by atoms with Crippen molar-refractivity contribution in [3.63, 3.8) is 0 Å². The topological polar surface area (TPSA) is 67.9 Å². The van der Waals surface area contributed by atoms with Gasteiger partial charge in [-0.2, -0.15) is 0 Å². The molecule has 1 heterocycles. The van der Waals surface area contributed by atoms with Gasteiger partial charge in [0.15, 0.2) is 0 Å². The van der Waals surface area contributed by atoms with Crippen LogP contribution in [-0.2, 0) is 9.59 Å². The molecule has 2 aromatic carbocycles. The van der Waals surface area contributed by atoms with E-state index in [-0.39, 0.29) is 24.3 Å². The molecule has 0 aliphatic carbocycles. The van der Waals surface area contributed by atoms with E-state index in [1.807, 2.05) is 48.5 Å². The molecule has 1 saturated heterocycles. The van der Waals surface area contributed by atoms with Crippen molar-refractivity contribution in [3.8, 4) is 11.5 Å². The van der Waals surface area contributed by atoms with Crippen LogP contribution in [0.3, 0.4) is 0 Å². The SMILES string of the molecule is CCCCNC(=O)[C@@H]1CC(=O)N(c2ccc(OC)cc2)[C@@H]1c1ccc(OC)cc1. The Morgan fingerprint density at radius 3 is 2.17 bits per heavy atom. The van der Waals surface area contributed by atoms with Gasteiger partial charge in [0, 0.05) is 18.7 Å². The van der Waals surface area contributed by atoms with Crippen LogP contribution in [0.2, 0.25) is 0 Å². The number of methoxy groups -OCH3 is 2.